The molecule has 1 fully saturated rings. The number of anilines is 1. The monoisotopic (exact) mass is 234 g/mol. The molecule has 1 aromatic heterocycles. The van der Waals surface area contributed by atoms with E-state index >= 15 is 0 Å². The quantitative estimate of drug-likeness (QED) is 0.546. The Bertz CT molecular complexity index is 388. The van der Waals surface area contributed by atoms with E-state index in [1.807, 2.05) is 0 Å². The van der Waals surface area contributed by atoms with Crippen molar-refractivity contribution in [1.82, 2.24) is 10.3 Å². The molecule has 4 N–H and O–H groups in total. The Balaban J connectivity index is 1.98. The van der Waals surface area contributed by atoms with E-state index in [1.54, 1.807) is 18.3 Å². The molecule has 0 aliphatic heterocycles. The number of carbonyl (C=O) groups excluding carboxylic acids is 1. The van der Waals surface area contributed by atoms with Gasteiger partial charge in [-0.2, -0.15) is 0 Å². The Morgan fingerprint density at radius 1 is 1.35 bits per heavy atom. The summed E-state index contributed by atoms with van der Waals surface area (Å²) in [6.07, 6.45) is 7.38. The molecule has 92 valence electrons. The molecular formula is C12H18N4O. The molecule has 1 aliphatic carbocycles. The van der Waals surface area contributed by atoms with Crippen molar-refractivity contribution in [2.75, 3.05) is 5.43 Å². The maximum atomic E-state index is 11.9. The van der Waals surface area contributed by atoms with Gasteiger partial charge in [0.1, 0.15) is 5.69 Å². The molecule has 1 aromatic rings. The van der Waals surface area contributed by atoms with Gasteiger partial charge in [-0.1, -0.05) is 19.3 Å². The summed E-state index contributed by atoms with van der Waals surface area (Å²) in [7, 11) is 0. The lowest BCUT2D eigenvalue weighted by molar-refractivity contribution is 0.0922. The van der Waals surface area contributed by atoms with E-state index in [9.17, 15) is 4.79 Å². The highest BCUT2D eigenvalue weighted by molar-refractivity contribution is 5.93. The van der Waals surface area contributed by atoms with E-state index in [-0.39, 0.29) is 5.91 Å². The van der Waals surface area contributed by atoms with E-state index < -0.39 is 0 Å². The number of hydrogen-bond acceptors (Lipinski definition) is 4. The molecule has 0 bridgehead atoms. The summed E-state index contributed by atoms with van der Waals surface area (Å²) >= 11 is 0. The number of nitrogen functional groups attached to an aromatic ring is 1. The van der Waals surface area contributed by atoms with Gasteiger partial charge in [-0.15, -0.1) is 0 Å². The number of pyridine rings is 1. The first kappa shape index (κ1) is 11.9. The van der Waals surface area contributed by atoms with Crippen molar-refractivity contribution >= 4 is 11.6 Å². The molecule has 1 saturated carbocycles. The van der Waals surface area contributed by atoms with Gasteiger partial charge < -0.3 is 10.7 Å². The summed E-state index contributed by atoms with van der Waals surface area (Å²) in [4.78, 5) is 16.0. The summed E-state index contributed by atoms with van der Waals surface area (Å²) in [5.41, 5.74) is 3.60. The van der Waals surface area contributed by atoms with Gasteiger partial charge in [0, 0.05) is 12.2 Å². The zero-order chi connectivity index (χ0) is 12.1. The second kappa shape index (κ2) is 5.63. The van der Waals surface area contributed by atoms with Crippen molar-refractivity contribution in [3.63, 3.8) is 0 Å². The molecule has 5 nitrogen and oxygen atoms in total. The van der Waals surface area contributed by atoms with E-state index in [1.165, 1.54) is 19.3 Å². The van der Waals surface area contributed by atoms with Crippen LogP contribution in [0.5, 0.6) is 0 Å². The minimum Gasteiger partial charge on any atom is -0.348 e. The standard InChI is InChI=1S/C12H18N4O/c13-16-10-6-7-14-11(8-10)12(17)15-9-4-2-1-3-5-9/h6-9H,1-5,13H2,(H,14,16)(H,15,17). The Hall–Kier alpha value is -1.62. The van der Waals surface area contributed by atoms with Gasteiger partial charge in [0.05, 0.1) is 5.69 Å². The SMILES string of the molecule is NNc1ccnc(C(=O)NC2CCCCC2)c1. The second-order valence-electron chi connectivity index (χ2n) is 4.38. The van der Waals surface area contributed by atoms with E-state index in [2.05, 4.69) is 15.7 Å². The number of carbonyl (C=O) groups is 1. The predicted octanol–water partition coefficient (Wildman–Crippen LogP) is 1.43. The fraction of sp³-hybridized carbons (Fsp3) is 0.500. The molecule has 1 aliphatic rings. The van der Waals surface area contributed by atoms with Gasteiger partial charge in [-0.3, -0.25) is 15.6 Å². The van der Waals surface area contributed by atoms with Gasteiger partial charge in [-0.05, 0) is 25.0 Å². The third-order valence-corrected chi connectivity index (χ3v) is 3.10. The third-order valence-electron chi connectivity index (χ3n) is 3.10. The summed E-state index contributed by atoms with van der Waals surface area (Å²) in [6, 6.07) is 3.67. The molecule has 0 radical (unpaired) electrons. The van der Waals surface area contributed by atoms with Crippen LogP contribution < -0.4 is 16.6 Å². The maximum absolute atomic E-state index is 11.9. The molecule has 0 atom stereocenters. The fourth-order valence-corrected chi connectivity index (χ4v) is 2.15. The largest absolute Gasteiger partial charge is 0.348 e. The lowest BCUT2D eigenvalue weighted by Crippen LogP contribution is -2.36. The molecule has 0 unspecified atom stereocenters. The zero-order valence-corrected chi connectivity index (χ0v) is 9.78. The number of hydrogen-bond donors (Lipinski definition) is 3. The summed E-state index contributed by atoms with van der Waals surface area (Å²) in [6.45, 7) is 0. The lowest BCUT2D eigenvalue weighted by atomic mass is 9.95. The van der Waals surface area contributed by atoms with Crippen LogP contribution in [0.4, 0.5) is 5.69 Å². The number of nitrogens with two attached hydrogens (primary N) is 1. The van der Waals surface area contributed by atoms with Gasteiger partial charge in [0.25, 0.3) is 5.91 Å². The zero-order valence-electron chi connectivity index (χ0n) is 9.78. The van der Waals surface area contributed by atoms with Crippen LogP contribution in [0.1, 0.15) is 42.6 Å². The average Bonchev–Trinajstić information content (AvgIpc) is 2.40. The van der Waals surface area contributed by atoms with Crippen molar-refractivity contribution in [1.29, 1.82) is 0 Å². The van der Waals surface area contributed by atoms with Crippen LogP contribution in [0.2, 0.25) is 0 Å². The molecule has 5 heteroatoms. The molecular weight excluding hydrogens is 216 g/mol. The van der Waals surface area contributed by atoms with Gasteiger partial charge in [0.15, 0.2) is 0 Å². The Kier molecular flexibility index (Phi) is 3.93. The highest BCUT2D eigenvalue weighted by Gasteiger charge is 2.17. The normalized spacial score (nSPS) is 16.5. The summed E-state index contributed by atoms with van der Waals surface area (Å²) in [5.74, 6) is 5.18. The number of aromatic nitrogens is 1. The number of hydrazine groups is 1. The second-order valence-corrected chi connectivity index (χ2v) is 4.38. The third kappa shape index (κ3) is 3.17. The molecule has 0 spiro atoms. The van der Waals surface area contributed by atoms with Crippen molar-refractivity contribution in [3.05, 3.63) is 24.0 Å². The Labute approximate surface area is 101 Å². The van der Waals surface area contributed by atoms with Crippen molar-refractivity contribution < 1.29 is 4.79 Å². The van der Waals surface area contributed by atoms with Crippen LogP contribution in [0.15, 0.2) is 18.3 Å². The van der Waals surface area contributed by atoms with Crippen LogP contribution in [-0.2, 0) is 0 Å². The van der Waals surface area contributed by atoms with Crippen LogP contribution in [0.25, 0.3) is 0 Å². The molecule has 0 aromatic carbocycles. The van der Waals surface area contributed by atoms with Crippen molar-refractivity contribution in [2.45, 2.75) is 38.1 Å². The first-order valence-corrected chi connectivity index (χ1v) is 6.03. The van der Waals surface area contributed by atoms with E-state index in [0.717, 1.165) is 12.8 Å². The van der Waals surface area contributed by atoms with Crippen LogP contribution >= 0.6 is 0 Å². The minimum atomic E-state index is -0.117. The first-order valence-electron chi connectivity index (χ1n) is 6.03. The Morgan fingerprint density at radius 3 is 2.82 bits per heavy atom. The molecule has 2 rings (SSSR count). The van der Waals surface area contributed by atoms with Gasteiger partial charge in [-0.25, -0.2) is 0 Å². The molecule has 17 heavy (non-hydrogen) atoms. The average molecular weight is 234 g/mol. The van der Waals surface area contributed by atoms with Gasteiger partial charge >= 0.3 is 0 Å². The topological polar surface area (TPSA) is 80.0 Å². The van der Waals surface area contributed by atoms with Crippen molar-refractivity contribution in [2.24, 2.45) is 5.84 Å². The number of nitrogens with zero attached hydrogens (tertiary/aromatic N) is 1. The highest BCUT2D eigenvalue weighted by Crippen LogP contribution is 2.17. The highest BCUT2D eigenvalue weighted by atomic mass is 16.1. The molecule has 0 saturated heterocycles. The lowest BCUT2D eigenvalue weighted by Gasteiger charge is -2.22. The van der Waals surface area contributed by atoms with Crippen molar-refractivity contribution in [3.8, 4) is 0 Å². The number of rotatable bonds is 3. The van der Waals surface area contributed by atoms with Crippen LogP contribution in [0.3, 0.4) is 0 Å². The number of amides is 1. The van der Waals surface area contributed by atoms with Crippen LogP contribution in [0, 0.1) is 0 Å². The Morgan fingerprint density at radius 2 is 2.12 bits per heavy atom. The van der Waals surface area contributed by atoms with E-state index in [0.29, 0.717) is 17.4 Å². The summed E-state index contributed by atoms with van der Waals surface area (Å²) in [5, 5.41) is 3.02. The first-order chi connectivity index (χ1) is 8.29. The maximum Gasteiger partial charge on any atom is 0.270 e. The number of nitrogens with one attached hydrogen (secondary N) is 2. The molecule has 1 heterocycles. The van der Waals surface area contributed by atoms with Gasteiger partial charge in [0.2, 0.25) is 0 Å². The van der Waals surface area contributed by atoms with Crippen LogP contribution in [-0.4, -0.2) is 16.9 Å². The summed E-state index contributed by atoms with van der Waals surface area (Å²) < 4.78 is 0. The molecule has 1 amide bonds. The van der Waals surface area contributed by atoms with E-state index in [4.69, 9.17) is 5.84 Å². The minimum absolute atomic E-state index is 0.117. The predicted molar refractivity (Wildman–Crippen MR) is 66.4 cm³/mol. The fourth-order valence-electron chi connectivity index (χ4n) is 2.15. The smallest absolute Gasteiger partial charge is 0.270 e.